The minimum Gasteiger partial charge on any atom is -0.466 e. The molecule has 0 aromatic carbocycles. The van der Waals surface area contributed by atoms with E-state index in [0.29, 0.717) is 17.6 Å². The fraction of sp³-hybridized carbons (Fsp3) is 0.619. The number of carbonyl (C=O) groups is 2. The summed E-state index contributed by atoms with van der Waals surface area (Å²) in [7, 11) is 1.37. The number of esters is 1. The molecular formula is C21H32O3. The van der Waals surface area contributed by atoms with Gasteiger partial charge in [-0.1, -0.05) is 57.4 Å². The van der Waals surface area contributed by atoms with E-state index in [2.05, 4.69) is 38.5 Å². The second-order valence-electron chi connectivity index (χ2n) is 7.26. The third-order valence-electron chi connectivity index (χ3n) is 5.19. The smallest absolute Gasteiger partial charge is 0.330 e. The molecule has 24 heavy (non-hydrogen) atoms. The Labute approximate surface area is 146 Å². The molecule has 0 heterocycles. The Hall–Kier alpha value is -1.64. The Balaban J connectivity index is 0.000000242. The molecule has 3 rings (SSSR count). The van der Waals surface area contributed by atoms with Gasteiger partial charge in [-0.2, -0.15) is 0 Å². The van der Waals surface area contributed by atoms with Crippen molar-refractivity contribution in [2.75, 3.05) is 7.11 Å². The summed E-state index contributed by atoms with van der Waals surface area (Å²) in [6, 6.07) is 0. The maximum atomic E-state index is 11.4. The van der Waals surface area contributed by atoms with Crippen LogP contribution in [0, 0.1) is 17.3 Å². The fourth-order valence-corrected chi connectivity index (χ4v) is 3.50. The van der Waals surface area contributed by atoms with Gasteiger partial charge in [0.2, 0.25) is 0 Å². The molecule has 0 aromatic heterocycles. The summed E-state index contributed by atoms with van der Waals surface area (Å²) in [5.74, 6) is 1.06. The van der Waals surface area contributed by atoms with Crippen LogP contribution in [0.25, 0.3) is 0 Å². The van der Waals surface area contributed by atoms with Gasteiger partial charge in [-0.05, 0) is 43.6 Å². The van der Waals surface area contributed by atoms with E-state index in [1.165, 1.54) is 38.0 Å². The number of fused-ring (bicyclic) bond motifs is 1. The molecule has 0 radical (unpaired) electrons. The summed E-state index contributed by atoms with van der Waals surface area (Å²) in [6.45, 7) is 8.68. The number of carbonyl (C=O) groups excluding carboxylic acids is 2. The van der Waals surface area contributed by atoms with Gasteiger partial charge < -0.3 is 4.74 Å². The number of rotatable bonds is 6. The molecule has 3 aliphatic rings. The van der Waals surface area contributed by atoms with E-state index in [1.807, 2.05) is 12.2 Å². The number of hydrogen-bond acceptors (Lipinski definition) is 3. The van der Waals surface area contributed by atoms with Crippen LogP contribution in [0.4, 0.5) is 0 Å². The highest BCUT2D eigenvalue weighted by Gasteiger charge is 2.54. The van der Waals surface area contributed by atoms with Crippen LogP contribution in [0.15, 0.2) is 36.0 Å². The Morgan fingerprint density at radius 2 is 2.00 bits per heavy atom. The Kier molecular flexibility index (Phi) is 8.17. The first-order valence-corrected chi connectivity index (χ1v) is 8.97. The lowest BCUT2D eigenvalue weighted by Gasteiger charge is -2.54. The van der Waals surface area contributed by atoms with Gasteiger partial charge in [-0.3, -0.25) is 4.79 Å². The van der Waals surface area contributed by atoms with Gasteiger partial charge in [0.05, 0.1) is 7.11 Å². The number of allylic oxidation sites excluding steroid dienone is 5. The molecule has 2 atom stereocenters. The summed E-state index contributed by atoms with van der Waals surface area (Å²) in [6.07, 6.45) is 14.8. The molecule has 0 N–H and O–H groups in total. The zero-order valence-electron chi connectivity index (χ0n) is 15.8. The minimum atomic E-state index is -0.307. The van der Waals surface area contributed by atoms with Gasteiger partial charge in [0.1, 0.15) is 0 Å². The monoisotopic (exact) mass is 332 g/mol. The number of methoxy groups -OCH3 is 1. The molecule has 2 bridgehead atoms. The Morgan fingerprint density at radius 3 is 2.50 bits per heavy atom. The molecule has 3 heteroatoms. The topological polar surface area (TPSA) is 43.4 Å². The van der Waals surface area contributed by atoms with Crippen LogP contribution >= 0.6 is 0 Å². The summed E-state index contributed by atoms with van der Waals surface area (Å²) in [4.78, 5) is 22.0. The van der Waals surface area contributed by atoms with E-state index in [-0.39, 0.29) is 11.4 Å². The molecule has 0 aliphatic heterocycles. The van der Waals surface area contributed by atoms with Crippen LogP contribution in [-0.4, -0.2) is 18.9 Å². The highest BCUT2D eigenvalue weighted by Crippen LogP contribution is 2.57. The summed E-state index contributed by atoms with van der Waals surface area (Å²) < 4.78 is 4.44. The van der Waals surface area contributed by atoms with E-state index in [1.54, 1.807) is 6.08 Å². The predicted molar refractivity (Wildman–Crippen MR) is 98.6 cm³/mol. The third-order valence-corrected chi connectivity index (χ3v) is 5.19. The molecule has 2 unspecified atom stereocenters. The molecule has 3 nitrogen and oxygen atoms in total. The lowest BCUT2D eigenvalue weighted by molar-refractivity contribution is -0.135. The van der Waals surface area contributed by atoms with Crippen molar-refractivity contribution in [2.45, 2.75) is 59.8 Å². The Bertz CT molecular complexity index is 523. The maximum absolute atomic E-state index is 11.4. The zero-order valence-corrected chi connectivity index (χ0v) is 15.8. The lowest BCUT2D eigenvalue weighted by atomic mass is 9.49. The molecule has 0 saturated heterocycles. The van der Waals surface area contributed by atoms with E-state index in [9.17, 15) is 9.59 Å². The van der Waals surface area contributed by atoms with Gasteiger partial charge in [0.25, 0.3) is 0 Å². The second-order valence-corrected chi connectivity index (χ2v) is 7.26. The van der Waals surface area contributed by atoms with Gasteiger partial charge >= 0.3 is 5.97 Å². The quantitative estimate of drug-likeness (QED) is 0.296. The highest BCUT2D eigenvalue weighted by molar-refractivity contribution is 5.95. The zero-order chi connectivity index (χ0) is 18.2. The first-order valence-electron chi connectivity index (χ1n) is 8.97. The van der Waals surface area contributed by atoms with Crippen molar-refractivity contribution in [3.8, 4) is 0 Å². The molecule has 0 spiro atoms. The highest BCUT2D eigenvalue weighted by atomic mass is 16.5. The lowest BCUT2D eigenvalue weighted by Crippen LogP contribution is -2.51. The van der Waals surface area contributed by atoms with Crippen LogP contribution in [0.1, 0.15) is 59.8 Å². The van der Waals surface area contributed by atoms with Crippen LogP contribution in [0.3, 0.4) is 0 Å². The average Bonchev–Trinajstić information content (AvgIpc) is 2.53. The normalized spacial score (nSPS) is 24.2. The van der Waals surface area contributed by atoms with Crippen LogP contribution in [0.2, 0.25) is 0 Å². The van der Waals surface area contributed by atoms with E-state index < -0.39 is 0 Å². The molecule has 0 aromatic rings. The average molecular weight is 332 g/mol. The molecule has 3 aliphatic carbocycles. The van der Waals surface area contributed by atoms with Crippen molar-refractivity contribution in [1.82, 2.24) is 0 Å². The summed E-state index contributed by atoms with van der Waals surface area (Å²) in [5.41, 5.74) is 1.55. The van der Waals surface area contributed by atoms with Gasteiger partial charge in [-0.15, -0.1) is 0 Å². The van der Waals surface area contributed by atoms with Gasteiger partial charge in [-0.25, -0.2) is 4.79 Å². The maximum Gasteiger partial charge on any atom is 0.330 e. The molecule has 0 amide bonds. The largest absolute Gasteiger partial charge is 0.466 e. The van der Waals surface area contributed by atoms with Gasteiger partial charge in [0.15, 0.2) is 5.78 Å². The first-order chi connectivity index (χ1) is 11.3. The standard InChI is InChI=1S/C11H18O2.C10H14O/c1-3-4-5-6-7-8-9-10-11(12)13-2;1-6-4-9(11)8-5-7(6)10(8,2)3/h7-10H,3-6H2,1-2H3;4,7-8H,5H2,1-3H3/b8-7+,10-9+;. The first kappa shape index (κ1) is 20.4. The molecule has 1 fully saturated rings. The Morgan fingerprint density at radius 1 is 1.29 bits per heavy atom. The van der Waals surface area contributed by atoms with Crippen LogP contribution < -0.4 is 0 Å². The van der Waals surface area contributed by atoms with Crippen molar-refractivity contribution in [2.24, 2.45) is 17.3 Å². The number of ketones is 1. The second kappa shape index (κ2) is 9.61. The van der Waals surface area contributed by atoms with Crippen molar-refractivity contribution in [3.63, 3.8) is 0 Å². The van der Waals surface area contributed by atoms with Crippen LogP contribution in [-0.2, 0) is 14.3 Å². The predicted octanol–water partition coefficient (Wildman–Crippen LogP) is 5.03. The number of hydrogen-bond donors (Lipinski definition) is 0. The van der Waals surface area contributed by atoms with Crippen molar-refractivity contribution in [1.29, 1.82) is 0 Å². The third kappa shape index (κ3) is 5.47. The van der Waals surface area contributed by atoms with E-state index >= 15 is 0 Å². The van der Waals surface area contributed by atoms with Crippen molar-refractivity contribution >= 4 is 11.8 Å². The number of unbranched alkanes of at least 4 members (excludes halogenated alkanes) is 3. The number of ether oxygens (including phenoxy) is 1. The minimum absolute atomic E-state index is 0.260. The molecule has 134 valence electrons. The summed E-state index contributed by atoms with van der Waals surface area (Å²) >= 11 is 0. The SMILES string of the molecule is CC1=CC(=O)C2CC1C2(C)C.CCCCC/C=C/C=C/C(=O)OC. The molecular weight excluding hydrogens is 300 g/mol. The van der Waals surface area contributed by atoms with Crippen molar-refractivity contribution < 1.29 is 14.3 Å². The fourth-order valence-electron chi connectivity index (χ4n) is 3.50. The molecule has 1 saturated carbocycles. The van der Waals surface area contributed by atoms with Gasteiger partial charge in [0, 0.05) is 12.0 Å². The van der Waals surface area contributed by atoms with Crippen molar-refractivity contribution in [3.05, 3.63) is 36.0 Å². The van der Waals surface area contributed by atoms with E-state index in [4.69, 9.17) is 0 Å². The van der Waals surface area contributed by atoms with E-state index in [0.717, 1.165) is 12.8 Å². The summed E-state index contributed by atoms with van der Waals surface area (Å²) in [5, 5.41) is 0. The van der Waals surface area contributed by atoms with Crippen LogP contribution in [0.5, 0.6) is 0 Å².